The van der Waals surface area contributed by atoms with E-state index in [0.29, 0.717) is 12.0 Å². The smallest absolute Gasteiger partial charge is 0.239 e. The molecule has 2 aliphatic rings. The van der Waals surface area contributed by atoms with Gasteiger partial charge in [0.1, 0.15) is 0 Å². The van der Waals surface area contributed by atoms with Crippen LogP contribution in [0.1, 0.15) is 70.6 Å². The maximum Gasteiger partial charge on any atom is 0.239 e. The molecule has 0 bridgehead atoms. The Bertz CT molecular complexity index is 280. The van der Waals surface area contributed by atoms with Gasteiger partial charge >= 0.3 is 0 Å². The third kappa shape index (κ3) is 4.20. The third-order valence-corrected chi connectivity index (χ3v) is 5.10. The SMILES string of the molecule is CN(C(=O)C(N)CC1CCCCC1)C1CCCCC1. The molecule has 1 amide bonds. The van der Waals surface area contributed by atoms with Gasteiger partial charge in [0.2, 0.25) is 5.91 Å². The van der Waals surface area contributed by atoms with Gasteiger partial charge in [-0.05, 0) is 25.2 Å². The van der Waals surface area contributed by atoms with Crippen molar-refractivity contribution in [2.24, 2.45) is 11.7 Å². The lowest BCUT2D eigenvalue weighted by atomic mass is 9.84. The van der Waals surface area contributed by atoms with Gasteiger partial charge in [-0.1, -0.05) is 51.4 Å². The summed E-state index contributed by atoms with van der Waals surface area (Å²) >= 11 is 0. The summed E-state index contributed by atoms with van der Waals surface area (Å²) in [4.78, 5) is 14.4. The average molecular weight is 266 g/mol. The molecule has 110 valence electrons. The quantitative estimate of drug-likeness (QED) is 0.850. The zero-order valence-corrected chi connectivity index (χ0v) is 12.4. The lowest BCUT2D eigenvalue weighted by Crippen LogP contribution is -2.47. The molecular weight excluding hydrogens is 236 g/mol. The number of likely N-dealkylation sites (N-methyl/N-ethyl adjacent to an activating group) is 1. The van der Waals surface area contributed by atoms with Gasteiger partial charge in [-0.15, -0.1) is 0 Å². The van der Waals surface area contributed by atoms with Crippen LogP contribution in [0.15, 0.2) is 0 Å². The van der Waals surface area contributed by atoms with Gasteiger partial charge in [-0.2, -0.15) is 0 Å². The minimum absolute atomic E-state index is 0.178. The van der Waals surface area contributed by atoms with Crippen LogP contribution in [0.2, 0.25) is 0 Å². The largest absolute Gasteiger partial charge is 0.341 e. The number of amides is 1. The molecule has 1 atom stereocenters. The molecule has 0 radical (unpaired) electrons. The Morgan fingerprint density at radius 2 is 1.58 bits per heavy atom. The monoisotopic (exact) mass is 266 g/mol. The van der Waals surface area contributed by atoms with E-state index in [1.165, 1.54) is 64.2 Å². The van der Waals surface area contributed by atoms with Crippen LogP contribution in [0.4, 0.5) is 0 Å². The Balaban J connectivity index is 1.79. The minimum atomic E-state index is -0.268. The molecule has 0 aromatic heterocycles. The van der Waals surface area contributed by atoms with E-state index in [1.54, 1.807) is 0 Å². The van der Waals surface area contributed by atoms with Gasteiger partial charge in [0.05, 0.1) is 6.04 Å². The number of carbonyl (C=O) groups excluding carboxylic acids is 1. The normalized spacial score (nSPS) is 24.1. The predicted molar refractivity (Wildman–Crippen MR) is 78.8 cm³/mol. The molecule has 2 N–H and O–H groups in total. The second-order valence-electron chi connectivity index (χ2n) is 6.59. The minimum Gasteiger partial charge on any atom is -0.341 e. The molecule has 0 aliphatic heterocycles. The zero-order chi connectivity index (χ0) is 13.7. The Kier molecular flexibility index (Phi) is 5.68. The van der Waals surface area contributed by atoms with Crippen molar-refractivity contribution in [1.82, 2.24) is 4.90 Å². The molecule has 0 aromatic carbocycles. The fourth-order valence-electron chi connectivity index (χ4n) is 3.79. The first-order valence-electron chi connectivity index (χ1n) is 8.20. The first-order valence-corrected chi connectivity index (χ1v) is 8.20. The molecule has 2 fully saturated rings. The van der Waals surface area contributed by atoms with E-state index >= 15 is 0 Å². The predicted octanol–water partition coefficient (Wildman–Crippen LogP) is 3.08. The molecule has 2 saturated carbocycles. The fraction of sp³-hybridized carbons (Fsp3) is 0.938. The Labute approximate surface area is 117 Å². The van der Waals surface area contributed by atoms with Gasteiger partial charge in [-0.3, -0.25) is 4.79 Å². The van der Waals surface area contributed by atoms with Crippen LogP contribution >= 0.6 is 0 Å². The van der Waals surface area contributed by atoms with Gasteiger partial charge in [0.25, 0.3) is 0 Å². The first-order chi connectivity index (χ1) is 9.18. The lowest BCUT2D eigenvalue weighted by molar-refractivity contribution is -0.134. The van der Waals surface area contributed by atoms with Crippen molar-refractivity contribution in [3.05, 3.63) is 0 Å². The molecule has 0 spiro atoms. The van der Waals surface area contributed by atoms with Crippen molar-refractivity contribution < 1.29 is 4.79 Å². The number of nitrogens with two attached hydrogens (primary N) is 1. The number of carbonyl (C=O) groups is 1. The first kappa shape index (κ1) is 14.8. The van der Waals surface area contributed by atoms with Crippen LogP contribution < -0.4 is 5.73 Å². The molecule has 0 saturated heterocycles. The molecule has 2 aliphatic carbocycles. The summed E-state index contributed by atoms with van der Waals surface area (Å²) in [6.45, 7) is 0. The van der Waals surface area contributed by atoms with Crippen LogP contribution in [-0.4, -0.2) is 29.9 Å². The van der Waals surface area contributed by atoms with Gasteiger partial charge < -0.3 is 10.6 Å². The standard InChI is InChI=1S/C16H30N2O/c1-18(14-10-6-3-7-11-14)16(19)15(17)12-13-8-4-2-5-9-13/h13-15H,2-12,17H2,1H3. The lowest BCUT2D eigenvalue weighted by Gasteiger charge is -2.34. The van der Waals surface area contributed by atoms with Crippen molar-refractivity contribution in [3.63, 3.8) is 0 Å². The summed E-state index contributed by atoms with van der Waals surface area (Å²) in [5.41, 5.74) is 6.16. The van der Waals surface area contributed by atoms with E-state index in [2.05, 4.69) is 0 Å². The van der Waals surface area contributed by atoms with E-state index in [1.807, 2.05) is 11.9 Å². The van der Waals surface area contributed by atoms with Gasteiger partial charge in [0.15, 0.2) is 0 Å². The van der Waals surface area contributed by atoms with E-state index in [0.717, 1.165) is 6.42 Å². The second kappa shape index (κ2) is 7.28. The van der Waals surface area contributed by atoms with Crippen LogP contribution in [0.25, 0.3) is 0 Å². The summed E-state index contributed by atoms with van der Waals surface area (Å²) in [5.74, 6) is 0.866. The molecule has 1 unspecified atom stereocenters. The maximum atomic E-state index is 12.4. The fourth-order valence-corrected chi connectivity index (χ4v) is 3.79. The maximum absolute atomic E-state index is 12.4. The van der Waals surface area contributed by atoms with E-state index in [4.69, 9.17) is 5.73 Å². The van der Waals surface area contributed by atoms with Crippen molar-refractivity contribution in [1.29, 1.82) is 0 Å². The highest BCUT2D eigenvalue weighted by molar-refractivity contribution is 5.81. The highest BCUT2D eigenvalue weighted by Crippen LogP contribution is 2.28. The molecule has 3 nitrogen and oxygen atoms in total. The summed E-state index contributed by atoms with van der Waals surface area (Å²) in [6, 6.07) is 0.175. The Morgan fingerprint density at radius 3 is 2.16 bits per heavy atom. The number of hydrogen-bond acceptors (Lipinski definition) is 2. The third-order valence-electron chi connectivity index (χ3n) is 5.10. The topological polar surface area (TPSA) is 46.3 Å². The van der Waals surface area contributed by atoms with E-state index < -0.39 is 0 Å². The average Bonchev–Trinajstić information content (AvgIpc) is 2.47. The molecule has 2 rings (SSSR count). The summed E-state index contributed by atoms with van der Waals surface area (Å²) in [5, 5.41) is 0. The highest BCUT2D eigenvalue weighted by atomic mass is 16.2. The van der Waals surface area contributed by atoms with Crippen molar-refractivity contribution in [2.75, 3.05) is 7.05 Å². The van der Waals surface area contributed by atoms with Crippen LogP contribution in [0.3, 0.4) is 0 Å². The van der Waals surface area contributed by atoms with Gasteiger partial charge in [0, 0.05) is 13.1 Å². The number of hydrogen-bond donors (Lipinski definition) is 1. The van der Waals surface area contributed by atoms with E-state index in [9.17, 15) is 4.79 Å². The van der Waals surface area contributed by atoms with Crippen molar-refractivity contribution in [3.8, 4) is 0 Å². The second-order valence-corrected chi connectivity index (χ2v) is 6.59. The molecular formula is C16H30N2O. The van der Waals surface area contributed by atoms with Crippen molar-refractivity contribution in [2.45, 2.75) is 82.7 Å². The highest BCUT2D eigenvalue weighted by Gasteiger charge is 2.27. The van der Waals surface area contributed by atoms with Crippen LogP contribution in [-0.2, 0) is 4.79 Å². The van der Waals surface area contributed by atoms with E-state index in [-0.39, 0.29) is 11.9 Å². The van der Waals surface area contributed by atoms with Gasteiger partial charge in [-0.25, -0.2) is 0 Å². The number of rotatable bonds is 4. The molecule has 0 heterocycles. The zero-order valence-electron chi connectivity index (χ0n) is 12.4. The van der Waals surface area contributed by atoms with Crippen LogP contribution in [0.5, 0.6) is 0 Å². The number of nitrogens with zero attached hydrogens (tertiary/aromatic N) is 1. The molecule has 19 heavy (non-hydrogen) atoms. The Morgan fingerprint density at radius 1 is 1.05 bits per heavy atom. The Hall–Kier alpha value is -0.570. The summed E-state index contributed by atoms with van der Waals surface area (Å²) < 4.78 is 0. The van der Waals surface area contributed by atoms with Crippen LogP contribution in [0, 0.1) is 5.92 Å². The summed E-state index contributed by atoms with van der Waals surface area (Å²) in [7, 11) is 1.96. The summed E-state index contributed by atoms with van der Waals surface area (Å²) in [6.07, 6.45) is 13.6. The molecule has 3 heteroatoms. The molecule has 0 aromatic rings. The van der Waals surface area contributed by atoms with Crippen molar-refractivity contribution >= 4 is 5.91 Å².